The number of carbonyl (C=O) groups excluding carboxylic acids is 1. The first-order valence-electron chi connectivity index (χ1n) is 10.6. The summed E-state index contributed by atoms with van der Waals surface area (Å²) in [6, 6.07) is 8.15. The van der Waals surface area contributed by atoms with E-state index in [9.17, 15) is 9.59 Å². The Morgan fingerprint density at radius 2 is 1.84 bits per heavy atom. The molecule has 0 N–H and O–H groups in total. The summed E-state index contributed by atoms with van der Waals surface area (Å²) < 4.78 is 1.57. The summed E-state index contributed by atoms with van der Waals surface area (Å²) in [6.07, 6.45) is 3.65. The highest BCUT2D eigenvalue weighted by Crippen LogP contribution is 2.30. The summed E-state index contributed by atoms with van der Waals surface area (Å²) in [5.41, 5.74) is 3.00. The average Bonchev–Trinajstić information content (AvgIpc) is 3.50. The molecule has 1 amide bonds. The van der Waals surface area contributed by atoms with Crippen molar-refractivity contribution in [3.8, 4) is 11.1 Å². The first-order valence-corrected chi connectivity index (χ1v) is 12.3. The SMILES string of the molecule is Cc1ccc(-c2csc3ncn(CCC(=O)N4CCN(c5nccs5)CC4)c(=O)c23)cc1. The molecule has 1 aliphatic rings. The monoisotopic (exact) mass is 465 g/mol. The van der Waals surface area contributed by atoms with Crippen molar-refractivity contribution in [1.82, 2.24) is 19.4 Å². The fourth-order valence-electron chi connectivity index (χ4n) is 3.97. The first-order chi connectivity index (χ1) is 15.6. The van der Waals surface area contributed by atoms with Gasteiger partial charge in [-0.3, -0.25) is 14.2 Å². The number of benzene rings is 1. The fourth-order valence-corrected chi connectivity index (χ4v) is 5.57. The maximum absolute atomic E-state index is 13.2. The van der Waals surface area contributed by atoms with E-state index in [0.29, 0.717) is 25.0 Å². The van der Waals surface area contributed by atoms with Crippen molar-refractivity contribution in [3.05, 3.63) is 63.5 Å². The van der Waals surface area contributed by atoms with Gasteiger partial charge in [-0.2, -0.15) is 0 Å². The molecule has 1 saturated heterocycles. The van der Waals surface area contributed by atoms with Crippen molar-refractivity contribution in [1.29, 1.82) is 0 Å². The zero-order chi connectivity index (χ0) is 22.1. The second kappa shape index (κ2) is 8.84. The Morgan fingerprint density at radius 3 is 2.56 bits per heavy atom. The number of aryl methyl sites for hydroxylation is 2. The molecular formula is C23H23N5O2S2. The van der Waals surface area contributed by atoms with Gasteiger partial charge in [0, 0.05) is 61.7 Å². The summed E-state index contributed by atoms with van der Waals surface area (Å²) in [4.78, 5) is 39.6. The molecule has 9 heteroatoms. The van der Waals surface area contributed by atoms with Gasteiger partial charge in [-0.15, -0.1) is 22.7 Å². The van der Waals surface area contributed by atoms with Crippen LogP contribution in [-0.4, -0.2) is 51.5 Å². The Hall–Kier alpha value is -3.04. The minimum atomic E-state index is -0.0896. The lowest BCUT2D eigenvalue weighted by Crippen LogP contribution is -2.49. The molecule has 32 heavy (non-hydrogen) atoms. The second-order valence-electron chi connectivity index (χ2n) is 7.87. The van der Waals surface area contributed by atoms with E-state index in [1.165, 1.54) is 16.9 Å². The van der Waals surface area contributed by atoms with Crippen LogP contribution in [-0.2, 0) is 11.3 Å². The summed E-state index contributed by atoms with van der Waals surface area (Å²) >= 11 is 3.09. The van der Waals surface area contributed by atoms with Crippen LogP contribution in [0.15, 0.2) is 52.3 Å². The number of amides is 1. The highest BCUT2D eigenvalue weighted by Gasteiger charge is 2.22. The van der Waals surface area contributed by atoms with Crippen molar-refractivity contribution in [2.45, 2.75) is 19.9 Å². The number of thiophene rings is 1. The van der Waals surface area contributed by atoms with E-state index in [1.807, 2.05) is 46.8 Å². The summed E-state index contributed by atoms with van der Waals surface area (Å²) in [5.74, 6) is 0.0693. The lowest BCUT2D eigenvalue weighted by Gasteiger charge is -2.34. The molecular weight excluding hydrogens is 442 g/mol. The van der Waals surface area contributed by atoms with Crippen LogP contribution in [0.5, 0.6) is 0 Å². The molecule has 0 aliphatic carbocycles. The third kappa shape index (κ3) is 4.05. The van der Waals surface area contributed by atoms with Crippen molar-refractivity contribution >= 4 is 43.9 Å². The van der Waals surface area contributed by atoms with E-state index in [2.05, 4.69) is 14.9 Å². The van der Waals surface area contributed by atoms with E-state index >= 15 is 0 Å². The number of fused-ring (bicyclic) bond motifs is 1. The number of piperazine rings is 1. The molecule has 164 valence electrons. The van der Waals surface area contributed by atoms with Crippen molar-refractivity contribution in [2.75, 3.05) is 31.1 Å². The molecule has 0 unspecified atom stereocenters. The summed E-state index contributed by atoms with van der Waals surface area (Å²) in [7, 11) is 0. The Balaban J connectivity index is 1.28. The largest absolute Gasteiger partial charge is 0.345 e. The molecule has 0 spiro atoms. The third-order valence-corrected chi connectivity index (χ3v) is 7.53. The van der Waals surface area contributed by atoms with Crippen LogP contribution < -0.4 is 10.5 Å². The highest BCUT2D eigenvalue weighted by molar-refractivity contribution is 7.17. The molecule has 0 bridgehead atoms. The molecule has 0 radical (unpaired) electrons. The number of hydrogen-bond donors (Lipinski definition) is 0. The summed E-state index contributed by atoms with van der Waals surface area (Å²) in [6.45, 7) is 5.28. The standard InChI is InChI=1S/C23H23N5O2S2/c1-16-2-4-17(5-3-16)18-14-32-21-20(18)22(30)28(15-25-21)8-6-19(29)26-9-11-27(12-10-26)23-24-7-13-31-23/h2-5,7,13-15H,6,8-12H2,1H3. The number of thiazole rings is 1. The van der Waals surface area contributed by atoms with Crippen molar-refractivity contribution in [3.63, 3.8) is 0 Å². The van der Waals surface area contributed by atoms with Gasteiger partial charge in [0.15, 0.2) is 5.13 Å². The van der Waals surface area contributed by atoms with Crippen LogP contribution in [0.4, 0.5) is 5.13 Å². The maximum Gasteiger partial charge on any atom is 0.262 e. The van der Waals surface area contributed by atoms with Crippen LogP contribution in [0.25, 0.3) is 21.3 Å². The molecule has 1 aromatic carbocycles. The van der Waals surface area contributed by atoms with Gasteiger partial charge in [-0.1, -0.05) is 29.8 Å². The molecule has 1 aliphatic heterocycles. The maximum atomic E-state index is 13.2. The van der Waals surface area contributed by atoms with Crippen LogP contribution in [0.2, 0.25) is 0 Å². The van der Waals surface area contributed by atoms with E-state index < -0.39 is 0 Å². The predicted octanol–water partition coefficient (Wildman–Crippen LogP) is 3.63. The minimum absolute atomic E-state index is 0.0693. The van der Waals surface area contributed by atoms with E-state index in [4.69, 9.17) is 0 Å². The van der Waals surface area contributed by atoms with Gasteiger partial charge in [0.05, 0.1) is 11.7 Å². The normalized spacial score (nSPS) is 14.3. The Morgan fingerprint density at radius 1 is 1.06 bits per heavy atom. The molecule has 5 rings (SSSR count). The Labute approximate surface area is 193 Å². The topological polar surface area (TPSA) is 71.3 Å². The number of aromatic nitrogens is 3. The van der Waals surface area contributed by atoms with Gasteiger partial charge in [0.25, 0.3) is 5.56 Å². The number of carbonyl (C=O) groups is 1. The Bertz CT molecular complexity index is 1290. The van der Waals surface area contributed by atoms with E-state index in [0.717, 1.165) is 34.2 Å². The smallest absolute Gasteiger partial charge is 0.262 e. The fraction of sp³-hybridized carbons (Fsp3) is 0.304. The lowest BCUT2D eigenvalue weighted by atomic mass is 10.1. The number of hydrogen-bond acceptors (Lipinski definition) is 7. The van der Waals surface area contributed by atoms with Crippen LogP contribution in [0.1, 0.15) is 12.0 Å². The van der Waals surface area contributed by atoms with Crippen LogP contribution >= 0.6 is 22.7 Å². The van der Waals surface area contributed by atoms with Gasteiger partial charge >= 0.3 is 0 Å². The molecule has 3 aromatic heterocycles. The van der Waals surface area contributed by atoms with Crippen molar-refractivity contribution < 1.29 is 4.79 Å². The van der Waals surface area contributed by atoms with Gasteiger partial charge in [-0.25, -0.2) is 9.97 Å². The Kier molecular flexibility index (Phi) is 5.75. The summed E-state index contributed by atoms with van der Waals surface area (Å²) in [5, 5.41) is 5.59. The average molecular weight is 466 g/mol. The van der Waals surface area contributed by atoms with Gasteiger partial charge in [0.1, 0.15) is 4.83 Å². The number of anilines is 1. The first kappa shape index (κ1) is 20.8. The highest BCUT2D eigenvalue weighted by atomic mass is 32.1. The molecule has 7 nitrogen and oxygen atoms in total. The van der Waals surface area contributed by atoms with Gasteiger partial charge < -0.3 is 9.80 Å². The zero-order valence-electron chi connectivity index (χ0n) is 17.7. The predicted molar refractivity (Wildman–Crippen MR) is 130 cm³/mol. The molecule has 0 saturated carbocycles. The van der Waals surface area contributed by atoms with Crippen molar-refractivity contribution in [2.24, 2.45) is 0 Å². The van der Waals surface area contributed by atoms with Gasteiger partial charge in [-0.05, 0) is 12.5 Å². The number of nitrogens with zero attached hydrogens (tertiary/aromatic N) is 5. The zero-order valence-corrected chi connectivity index (χ0v) is 19.4. The molecule has 1 fully saturated rings. The van der Waals surface area contributed by atoms with E-state index in [-0.39, 0.29) is 17.9 Å². The molecule has 4 aromatic rings. The third-order valence-electron chi connectivity index (χ3n) is 5.81. The quantitative estimate of drug-likeness (QED) is 0.450. The molecule has 0 atom stereocenters. The van der Waals surface area contributed by atoms with Gasteiger partial charge in [0.2, 0.25) is 5.91 Å². The van der Waals surface area contributed by atoms with Crippen LogP contribution in [0.3, 0.4) is 0 Å². The number of rotatable bonds is 5. The van der Waals surface area contributed by atoms with E-state index in [1.54, 1.807) is 28.4 Å². The second-order valence-corrected chi connectivity index (χ2v) is 9.60. The lowest BCUT2D eigenvalue weighted by molar-refractivity contribution is -0.131. The minimum Gasteiger partial charge on any atom is -0.345 e. The molecule has 4 heterocycles. The van der Waals surface area contributed by atoms with Crippen LogP contribution in [0, 0.1) is 6.92 Å².